The van der Waals surface area contributed by atoms with Crippen molar-refractivity contribution < 1.29 is 18.0 Å². The van der Waals surface area contributed by atoms with Crippen molar-refractivity contribution in [1.29, 1.82) is 0 Å². The molecule has 10 heteroatoms. The zero-order chi connectivity index (χ0) is 21.5. The topological polar surface area (TPSA) is 61.7 Å². The Morgan fingerprint density at radius 3 is 2.50 bits per heavy atom. The molecule has 0 radical (unpaired) electrons. The summed E-state index contributed by atoms with van der Waals surface area (Å²) < 4.78 is 38.3. The van der Waals surface area contributed by atoms with Crippen LogP contribution in [0.3, 0.4) is 0 Å². The Hall–Kier alpha value is -2.62. The van der Waals surface area contributed by atoms with Gasteiger partial charge in [-0.2, -0.15) is 5.10 Å². The van der Waals surface area contributed by atoms with Crippen LogP contribution in [-0.2, 0) is 4.79 Å². The summed E-state index contributed by atoms with van der Waals surface area (Å²) in [5.41, 5.74) is 0. The highest BCUT2D eigenvalue weighted by Gasteiger charge is 2.37. The molecule has 1 saturated heterocycles. The van der Waals surface area contributed by atoms with E-state index in [2.05, 4.69) is 15.1 Å². The van der Waals surface area contributed by atoms with Gasteiger partial charge in [0, 0.05) is 37.9 Å². The van der Waals surface area contributed by atoms with Crippen molar-refractivity contribution in [3.05, 3.63) is 48.3 Å². The molecule has 1 amide bonds. The number of rotatable bonds is 3. The molecule has 1 fully saturated rings. The van der Waals surface area contributed by atoms with Crippen LogP contribution in [-0.4, -0.2) is 59.2 Å². The van der Waals surface area contributed by atoms with Gasteiger partial charge < -0.3 is 4.90 Å². The summed E-state index contributed by atoms with van der Waals surface area (Å²) in [6.45, 7) is 1.35. The third kappa shape index (κ3) is 5.71. The lowest BCUT2D eigenvalue weighted by Gasteiger charge is -2.35. The smallest absolute Gasteiger partial charge is 0.248 e. The minimum atomic E-state index is -1.20. The molecule has 160 valence electrons. The highest BCUT2D eigenvalue weighted by atomic mass is 32.2. The number of carbonyl (C=O) groups is 1. The molecule has 6 nitrogen and oxygen atoms in total. The maximum absolute atomic E-state index is 14.5. The SMILES string of the molecule is CSc1cc(N2CCC(C(=O)N3CCC=N3)C(F)C2)ncn1.Fc1cccc(F)c1. The molecule has 1 aromatic carbocycles. The van der Waals surface area contributed by atoms with Crippen molar-refractivity contribution in [3.63, 3.8) is 0 Å². The van der Waals surface area contributed by atoms with Crippen molar-refractivity contribution in [2.75, 3.05) is 30.8 Å². The largest absolute Gasteiger partial charge is 0.354 e. The highest BCUT2D eigenvalue weighted by molar-refractivity contribution is 7.98. The number of piperidine rings is 1. The van der Waals surface area contributed by atoms with Gasteiger partial charge in [-0.25, -0.2) is 28.1 Å². The van der Waals surface area contributed by atoms with Crippen LogP contribution in [0.2, 0.25) is 0 Å². The molecule has 4 rings (SSSR count). The van der Waals surface area contributed by atoms with Gasteiger partial charge in [0.25, 0.3) is 0 Å². The van der Waals surface area contributed by atoms with Gasteiger partial charge in [0.05, 0.1) is 12.5 Å². The van der Waals surface area contributed by atoms with Crippen LogP contribution in [0.1, 0.15) is 12.8 Å². The maximum atomic E-state index is 14.5. The monoisotopic (exact) mass is 437 g/mol. The number of aromatic nitrogens is 2. The van der Waals surface area contributed by atoms with E-state index in [1.165, 1.54) is 41.3 Å². The zero-order valence-corrected chi connectivity index (χ0v) is 17.2. The van der Waals surface area contributed by atoms with Crippen molar-refractivity contribution in [2.24, 2.45) is 11.0 Å². The predicted octanol–water partition coefficient (Wildman–Crippen LogP) is 3.55. The lowest BCUT2D eigenvalue weighted by Crippen LogP contribution is -2.48. The molecule has 30 heavy (non-hydrogen) atoms. The minimum Gasteiger partial charge on any atom is -0.354 e. The molecule has 0 bridgehead atoms. The number of amides is 1. The first-order valence-corrected chi connectivity index (χ1v) is 10.7. The first-order valence-electron chi connectivity index (χ1n) is 9.48. The van der Waals surface area contributed by atoms with Gasteiger partial charge in [0.15, 0.2) is 0 Å². The molecule has 0 spiro atoms. The normalized spacial score (nSPS) is 20.7. The molecule has 0 aliphatic carbocycles. The van der Waals surface area contributed by atoms with E-state index in [0.717, 1.165) is 17.5 Å². The fraction of sp³-hybridized carbons (Fsp3) is 0.400. The van der Waals surface area contributed by atoms with Crippen molar-refractivity contribution in [1.82, 2.24) is 15.0 Å². The Kier molecular flexibility index (Phi) is 7.67. The standard InChI is InChI=1S/C14H18FN5OS.C6H4F2/c1-22-13-7-12(16-9-17-13)19-6-3-10(11(15)8-19)14(21)20-5-2-4-18-20;7-5-2-1-3-6(8)4-5/h4,7,9-11H,2-3,5-6,8H2,1H3;1-4H. The lowest BCUT2D eigenvalue weighted by molar-refractivity contribution is -0.137. The van der Waals surface area contributed by atoms with E-state index < -0.39 is 23.7 Å². The molecule has 2 aromatic rings. The summed E-state index contributed by atoms with van der Waals surface area (Å²) in [5.74, 6) is -1.16. The molecule has 2 atom stereocenters. The van der Waals surface area contributed by atoms with Crippen LogP contribution in [0.5, 0.6) is 0 Å². The third-order valence-corrected chi connectivity index (χ3v) is 5.39. The molecule has 1 aromatic heterocycles. The van der Waals surface area contributed by atoms with Crippen molar-refractivity contribution >= 4 is 29.7 Å². The summed E-state index contributed by atoms with van der Waals surface area (Å²) in [6, 6.07) is 6.40. The van der Waals surface area contributed by atoms with Gasteiger partial charge in [-0.1, -0.05) is 6.07 Å². The fourth-order valence-electron chi connectivity index (χ4n) is 3.22. The van der Waals surface area contributed by atoms with Crippen LogP contribution in [0, 0.1) is 17.6 Å². The Morgan fingerprint density at radius 2 is 1.93 bits per heavy atom. The molecule has 3 heterocycles. The van der Waals surface area contributed by atoms with E-state index in [9.17, 15) is 18.0 Å². The Morgan fingerprint density at radius 1 is 1.17 bits per heavy atom. The van der Waals surface area contributed by atoms with Gasteiger partial charge in [0.2, 0.25) is 5.91 Å². The number of hydrogen-bond donors (Lipinski definition) is 0. The number of halogens is 3. The molecule has 2 aliphatic heterocycles. The second-order valence-corrected chi connectivity index (χ2v) is 7.59. The Labute approximate surface area is 177 Å². The quantitative estimate of drug-likeness (QED) is 0.543. The van der Waals surface area contributed by atoms with Crippen LogP contribution in [0.25, 0.3) is 0 Å². The third-order valence-electron chi connectivity index (χ3n) is 4.75. The van der Waals surface area contributed by atoms with E-state index in [1.807, 2.05) is 17.2 Å². The zero-order valence-electron chi connectivity index (χ0n) is 16.4. The van der Waals surface area contributed by atoms with E-state index in [-0.39, 0.29) is 12.5 Å². The lowest BCUT2D eigenvalue weighted by atomic mass is 9.93. The van der Waals surface area contributed by atoms with Crippen LogP contribution in [0.15, 0.2) is 46.8 Å². The average molecular weight is 437 g/mol. The van der Waals surface area contributed by atoms with Crippen LogP contribution < -0.4 is 4.90 Å². The summed E-state index contributed by atoms with van der Waals surface area (Å²) in [5, 5.41) is 6.24. The predicted molar refractivity (Wildman–Crippen MR) is 110 cm³/mol. The molecular formula is C20H22F3N5OS. The second-order valence-electron chi connectivity index (χ2n) is 6.76. The summed E-state index contributed by atoms with van der Waals surface area (Å²) in [4.78, 5) is 22.5. The molecule has 2 aliphatic rings. The molecular weight excluding hydrogens is 415 g/mol. The maximum Gasteiger partial charge on any atom is 0.248 e. The van der Waals surface area contributed by atoms with Gasteiger partial charge >= 0.3 is 0 Å². The highest BCUT2D eigenvalue weighted by Crippen LogP contribution is 2.27. The summed E-state index contributed by atoms with van der Waals surface area (Å²) in [7, 11) is 0. The van der Waals surface area contributed by atoms with Gasteiger partial charge in [0.1, 0.15) is 35.0 Å². The average Bonchev–Trinajstić information content (AvgIpc) is 3.28. The Balaban J connectivity index is 0.000000269. The second kappa shape index (κ2) is 10.4. The number of hydrogen-bond acceptors (Lipinski definition) is 6. The van der Waals surface area contributed by atoms with Gasteiger partial charge in [-0.3, -0.25) is 4.79 Å². The van der Waals surface area contributed by atoms with E-state index in [0.29, 0.717) is 25.3 Å². The first-order chi connectivity index (χ1) is 14.5. The van der Waals surface area contributed by atoms with Gasteiger partial charge in [-0.15, -0.1) is 11.8 Å². The van der Waals surface area contributed by atoms with E-state index in [1.54, 1.807) is 6.21 Å². The van der Waals surface area contributed by atoms with E-state index in [4.69, 9.17) is 0 Å². The molecule has 0 N–H and O–H groups in total. The number of nitrogens with zero attached hydrogens (tertiary/aromatic N) is 5. The Bertz CT molecular complexity index is 883. The van der Waals surface area contributed by atoms with Crippen LogP contribution >= 0.6 is 11.8 Å². The number of benzene rings is 1. The minimum absolute atomic E-state index is 0.179. The summed E-state index contributed by atoms with van der Waals surface area (Å²) in [6.07, 6.45) is 5.15. The van der Waals surface area contributed by atoms with Crippen molar-refractivity contribution in [3.8, 4) is 0 Å². The molecule has 0 saturated carbocycles. The fourth-order valence-corrected chi connectivity index (χ4v) is 3.59. The van der Waals surface area contributed by atoms with Crippen LogP contribution in [0.4, 0.5) is 19.0 Å². The van der Waals surface area contributed by atoms with Crippen molar-refractivity contribution in [2.45, 2.75) is 24.0 Å². The number of anilines is 1. The number of carbonyl (C=O) groups excluding carboxylic acids is 1. The number of thioether (sulfide) groups is 1. The number of hydrazone groups is 1. The first kappa shape index (κ1) is 22.1. The number of alkyl halides is 1. The molecule has 2 unspecified atom stereocenters. The van der Waals surface area contributed by atoms with Gasteiger partial charge in [-0.05, 0) is 24.8 Å². The summed E-state index contributed by atoms with van der Waals surface area (Å²) >= 11 is 1.52. The van der Waals surface area contributed by atoms with E-state index >= 15 is 0 Å².